The van der Waals surface area contributed by atoms with Crippen LogP contribution in [0.25, 0.3) is 22.8 Å². The highest BCUT2D eigenvalue weighted by molar-refractivity contribution is 6.00. The second-order valence-corrected chi connectivity index (χ2v) is 6.78. The van der Waals surface area contributed by atoms with Crippen molar-refractivity contribution in [3.63, 3.8) is 0 Å². The van der Waals surface area contributed by atoms with E-state index in [9.17, 15) is 4.79 Å². The van der Waals surface area contributed by atoms with E-state index in [1.807, 2.05) is 66.7 Å². The number of nitrogens with zero attached hydrogens (tertiary/aromatic N) is 1. The Bertz CT molecular complexity index is 1190. The zero-order valence-corrected chi connectivity index (χ0v) is 17.3. The third kappa shape index (κ3) is 4.28. The number of para-hydroxylation sites is 1. The fourth-order valence-corrected chi connectivity index (χ4v) is 3.37. The maximum Gasteiger partial charge on any atom is 0.252 e. The molecule has 156 valence electrons. The van der Waals surface area contributed by atoms with Gasteiger partial charge in [0, 0.05) is 23.2 Å². The standard InChI is InChI=1S/C25H22N2O4/c1-29-21-14-8-11-18(23(21)30-2)15-26-24(28)19-12-6-7-13-20(19)25-27-16-22(31-25)17-9-4-3-5-10-17/h3-14,16H,15H2,1-2H3,(H,26,28). The van der Waals surface area contributed by atoms with Crippen molar-refractivity contribution in [3.8, 4) is 34.3 Å². The van der Waals surface area contributed by atoms with Crippen molar-refractivity contribution in [1.82, 2.24) is 10.3 Å². The topological polar surface area (TPSA) is 73.6 Å². The maximum absolute atomic E-state index is 13.0. The fraction of sp³-hybridized carbons (Fsp3) is 0.120. The second kappa shape index (κ2) is 9.17. The minimum absolute atomic E-state index is 0.236. The molecule has 6 nitrogen and oxygen atoms in total. The van der Waals surface area contributed by atoms with E-state index in [-0.39, 0.29) is 12.5 Å². The zero-order chi connectivity index (χ0) is 21.6. The van der Waals surface area contributed by atoms with Gasteiger partial charge in [-0.05, 0) is 18.2 Å². The molecular weight excluding hydrogens is 392 g/mol. The van der Waals surface area contributed by atoms with Gasteiger partial charge in [0.05, 0.1) is 26.0 Å². The van der Waals surface area contributed by atoms with Crippen molar-refractivity contribution in [3.05, 3.63) is 90.1 Å². The molecule has 1 heterocycles. The molecule has 0 aliphatic heterocycles. The molecule has 0 bridgehead atoms. The molecule has 31 heavy (non-hydrogen) atoms. The molecule has 0 fully saturated rings. The molecule has 6 heteroatoms. The van der Waals surface area contributed by atoms with Crippen molar-refractivity contribution in [1.29, 1.82) is 0 Å². The van der Waals surface area contributed by atoms with E-state index in [4.69, 9.17) is 13.9 Å². The number of carbonyl (C=O) groups excluding carboxylic acids is 1. The van der Waals surface area contributed by atoms with Gasteiger partial charge < -0.3 is 19.2 Å². The van der Waals surface area contributed by atoms with Gasteiger partial charge in [-0.15, -0.1) is 0 Å². The minimum Gasteiger partial charge on any atom is -0.493 e. The van der Waals surface area contributed by atoms with E-state index in [1.54, 1.807) is 26.5 Å². The van der Waals surface area contributed by atoms with Crippen molar-refractivity contribution in [2.24, 2.45) is 0 Å². The molecular formula is C25H22N2O4. The van der Waals surface area contributed by atoms with Crippen LogP contribution in [0.5, 0.6) is 11.5 Å². The minimum atomic E-state index is -0.236. The lowest BCUT2D eigenvalue weighted by Gasteiger charge is -2.13. The number of hydrogen-bond acceptors (Lipinski definition) is 5. The summed E-state index contributed by atoms with van der Waals surface area (Å²) in [6.07, 6.45) is 1.67. The van der Waals surface area contributed by atoms with Crippen molar-refractivity contribution in [2.45, 2.75) is 6.54 Å². The molecule has 1 amide bonds. The van der Waals surface area contributed by atoms with Crippen LogP contribution in [0.15, 0.2) is 83.4 Å². The van der Waals surface area contributed by atoms with Gasteiger partial charge in [0.15, 0.2) is 17.3 Å². The Labute approximate surface area is 180 Å². The lowest BCUT2D eigenvalue weighted by Crippen LogP contribution is -2.23. The molecule has 0 radical (unpaired) electrons. The summed E-state index contributed by atoms with van der Waals surface area (Å²) in [4.78, 5) is 17.4. The van der Waals surface area contributed by atoms with Gasteiger partial charge in [0.1, 0.15) is 0 Å². The first-order chi connectivity index (χ1) is 15.2. The van der Waals surface area contributed by atoms with E-state index in [0.717, 1.165) is 11.1 Å². The van der Waals surface area contributed by atoms with Gasteiger partial charge in [0.2, 0.25) is 5.89 Å². The highest BCUT2D eigenvalue weighted by Crippen LogP contribution is 2.31. The van der Waals surface area contributed by atoms with Crippen molar-refractivity contribution >= 4 is 5.91 Å². The Morgan fingerprint density at radius 1 is 0.935 bits per heavy atom. The van der Waals surface area contributed by atoms with Crippen LogP contribution < -0.4 is 14.8 Å². The van der Waals surface area contributed by atoms with Crippen LogP contribution >= 0.6 is 0 Å². The normalized spacial score (nSPS) is 10.5. The number of benzene rings is 3. The van der Waals surface area contributed by atoms with E-state index in [2.05, 4.69) is 10.3 Å². The van der Waals surface area contributed by atoms with Gasteiger partial charge >= 0.3 is 0 Å². The van der Waals surface area contributed by atoms with E-state index in [0.29, 0.717) is 34.3 Å². The average Bonchev–Trinajstić information content (AvgIpc) is 3.33. The smallest absolute Gasteiger partial charge is 0.252 e. The summed E-state index contributed by atoms with van der Waals surface area (Å²) in [6.45, 7) is 0.286. The molecule has 0 unspecified atom stereocenters. The molecule has 4 aromatic rings. The van der Waals surface area contributed by atoms with Crippen molar-refractivity contribution < 1.29 is 18.7 Å². The number of carbonyl (C=O) groups is 1. The fourth-order valence-electron chi connectivity index (χ4n) is 3.37. The number of aromatic nitrogens is 1. The molecule has 0 aliphatic carbocycles. The van der Waals surface area contributed by atoms with Crippen molar-refractivity contribution in [2.75, 3.05) is 14.2 Å². The lowest BCUT2D eigenvalue weighted by molar-refractivity contribution is 0.0951. The monoisotopic (exact) mass is 414 g/mol. The van der Waals surface area contributed by atoms with Gasteiger partial charge in [0.25, 0.3) is 5.91 Å². The maximum atomic E-state index is 13.0. The Hall–Kier alpha value is -4.06. The predicted molar refractivity (Wildman–Crippen MR) is 118 cm³/mol. The summed E-state index contributed by atoms with van der Waals surface area (Å²) in [7, 11) is 3.15. The van der Waals surface area contributed by atoms with Crippen LogP contribution in [-0.4, -0.2) is 25.1 Å². The molecule has 0 saturated carbocycles. The van der Waals surface area contributed by atoms with Crippen LogP contribution in [-0.2, 0) is 6.54 Å². The number of oxazole rings is 1. The van der Waals surface area contributed by atoms with Gasteiger partial charge in [-0.1, -0.05) is 54.6 Å². The molecule has 0 saturated heterocycles. The summed E-state index contributed by atoms with van der Waals surface area (Å²) in [6, 6.07) is 22.5. The van der Waals surface area contributed by atoms with Crippen LogP contribution in [0.1, 0.15) is 15.9 Å². The third-order valence-corrected chi connectivity index (χ3v) is 4.89. The lowest BCUT2D eigenvalue weighted by atomic mass is 10.1. The Balaban J connectivity index is 1.57. The van der Waals surface area contributed by atoms with Gasteiger partial charge in [-0.25, -0.2) is 4.98 Å². The number of methoxy groups -OCH3 is 2. The van der Waals surface area contributed by atoms with Gasteiger partial charge in [-0.2, -0.15) is 0 Å². The average molecular weight is 414 g/mol. The van der Waals surface area contributed by atoms with E-state index < -0.39 is 0 Å². The molecule has 0 spiro atoms. The predicted octanol–water partition coefficient (Wildman–Crippen LogP) is 4.96. The second-order valence-electron chi connectivity index (χ2n) is 6.78. The van der Waals surface area contributed by atoms with Crippen LogP contribution in [0.2, 0.25) is 0 Å². The summed E-state index contributed by atoms with van der Waals surface area (Å²) < 4.78 is 16.7. The number of hydrogen-bond donors (Lipinski definition) is 1. The number of amides is 1. The molecule has 4 rings (SSSR count). The zero-order valence-electron chi connectivity index (χ0n) is 17.3. The summed E-state index contributed by atoms with van der Waals surface area (Å²) in [5.74, 6) is 2.01. The van der Waals surface area contributed by atoms with Gasteiger partial charge in [-0.3, -0.25) is 4.79 Å². The summed E-state index contributed by atoms with van der Waals surface area (Å²) >= 11 is 0. The SMILES string of the molecule is COc1cccc(CNC(=O)c2ccccc2-c2ncc(-c3ccccc3)o2)c1OC. The van der Waals surface area contributed by atoms with Crippen LogP contribution in [0.4, 0.5) is 0 Å². The molecule has 1 N–H and O–H groups in total. The third-order valence-electron chi connectivity index (χ3n) is 4.89. The number of nitrogens with one attached hydrogen (secondary N) is 1. The molecule has 0 atom stereocenters. The first-order valence-electron chi connectivity index (χ1n) is 9.80. The summed E-state index contributed by atoms with van der Waals surface area (Å²) in [5.41, 5.74) is 2.84. The summed E-state index contributed by atoms with van der Waals surface area (Å²) in [5, 5.41) is 2.95. The van der Waals surface area contributed by atoms with E-state index in [1.165, 1.54) is 0 Å². The van der Waals surface area contributed by atoms with Crippen LogP contribution in [0, 0.1) is 0 Å². The number of ether oxygens (including phenoxy) is 2. The first kappa shape index (κ1) is 20.2. The Morgan fingerprint density at radius 2 is 1.71 bits per heavy atom. The largest absolute Gasteiger partial charge is 0.493 e. The van der Waals surface area contributed by atoms with E-state index >= 15 is 0 Å². The Morgan fingerprint density at radius 3 is 2.48 bits per heavy atom. The molecule has 0 aliphatic rings. The molecule has 1 aromatic heterocycles. The highest BCUT2D eigenvalue weighted by atomic mass is 16.5. The highest BCUT2D eigenvalue weighted by Gasteiger charge is 2.18. The Kier molecular flexibility index (Phi) is 5.98. The quantitative estimate of drug-likeness (QED) is 0.463. The molecule has 3 aromatic carbocycles. The number of rotatable bonds is 7. The first-order valence-corrected chi connectivity index (χ1v) is 9.80. The van der Waals surface area contributed by atoms with Crippen LogP contribution in [0.3, 0.4) is 0 Å².